The number of aromatic carboxylic acids is 1. The quantitative estimate of drug-likeness (QED) is 0.398. The Morgan fingerprint density at radius 3 is 2.58 bits per heavy atom. The molecule has 38 heavy (non-hydrogen) atoms. The average molecular weight is 532 g/mol. The fraction of sp³-hybridized carbons (Fsp3) is 0.241. The molecule has 1 amide bonds. The normalized spacial score (nSPS) is 15.3. The van der Waals surface area contributed by atoms with Crippen LogP contribution in [0.2, 0.25) is 5.02 Å². The minimum atomic E-state index is -0.967. The highest BCUT2D eigenvalue weighted by molar-refractivity contribution is 6.38. The number of carboxylic acid groups (broad SMARTS) is 1. The summed E-state index contributed by atoms with van der Waals surface area (Å²) in [6.45, 7) is 2.81. The second-order valence-electron chi connectivity index (χ2n) is 9.49. The summed E-state index contributed by atoms with van der Waals surface area (Å²) in [6.07, 6.45) is 1.92. The number of anilines is 1. The first-order valence-electron chi connectivity index (χ1n) is 12.4. The fourth-order valence-corrected chi connectivity index (χ4v) is 5.53. The number of rotatable bonds is 4. The van der Waals surface area contributed by atoms with Crippen LogP contribution in [0.5, 0.6) is 5.75 Å². The zero-order valence-electron chi connectivity index (χ0n) is 20.8. The third kappa shape index (κ3) is 4.15. The Hall–Kier alpha value is -4.01. The zero-order valence-corrected chi connectivity index (χ0v) is 21.6. The molecule has 0 unspecified atom stereocenters. The van der Waals surface area contributed by atoms with E-state index in [-0.39, 0.29) is 18.2 Å². The molecule has 0 radical (unpaired) electrons. The van der Waals surface area contributed by atoms with E-state index in [2.05, 4.69) is 0 Å². The molecule has 4 aromatic rings. The average Bonchev–Trinajstić information content (AvgIpc) is 3.33. The van der Waals surface area contributed by atoms with Crippen molar-refractivity contribution < 1.29 is 24.2 Å². The van der Waals surface area contributed by atoms with Gasteiger partial charge >= 0.3 is 5.97 Å². The lowest BCUT2D eigenvalue weighted by atomic mass is 9.97. The number of carbonyl (C=O) groups is 2. The number of benzene rings is 3. The van der Waals surface area contributed by atoms with Crippen molar-refractivity contribution >= 4 is 40.1 Å². The maximum Gasteiger partial charge on any atom is 0.337 e. The number of fused-ring (bicyclic) bond motifs is 2. The van der Waals surface area contributed by atoms with Gasteiger partial charge in [0.25, 0.3) is 5.91 Å². The zero-order chi connectivity index (χ0) is 26.4. The Labute approximate surface area is 224 Å². The van der Waals surface area contributed by atoms with E-state index in [1.54, 1.807) is 23.1 Å². The lowest BCUT2D eigenvalue weighted by molar-refractivity contribution is 0.0516. The molecule has 8 nitrogen and oxygen atoms in total. The van der Waals surface area contributed by atoms with Crippen LogP contribution in [0.4, 0.5) is 5.69 Å². The van der Waals surface area contributed by atoms with Crippen molar-refractivity contribution in [1.29, 1.82) is 0 Å². The third-order valence-corrected chi connectivity index (χ3v) is 7.64. The van der Waals surface area contributed by atoms with Crippen molar-refractivity contribution in [3.63, 3.8) is 0 Å². The molecule has 1 N–H and O–H groups in total. The molecule has 3 heterocycles. The van der Waals surface area contributed by atoms with E-state index >= 15 is 0 Å². The lowest BCUT2D eigenvalue weighted by Gasteiger charge is -2.32. The number of aryl methyl sites for hydroxylation is 1. The van der Waals surface area contributed by atoms with Gasteiger partial charge in [0, 0.05) is 48.4 Å². The summed E-state index contributed by atoms with van der Waals surface area (Å²) in [4.78, 5) is 29.0. The van der Waals surface area contributed by atoms with E-state index in [1.165, 1.54) is 0 Å². The molecule has 1 saturated heterocycles. The van der Waals surface area contributed by atoms with Crippen molar-refractivity contribution in [2.24, 2.45) is 7.05 Å². The largest absolute Gasteiger partial charge is 0.478 e. The number of aromatic nitrogens is 1. The molecular weight excluding hydrogens is 506 g/mol. The van der Waals surface area contributed by atoms with Gasteiger partial charge in [-0.05, 0) is 35.9 Å². The second kappa shape index (κ2) is 9.70. The van der Waals surface area contributed by atoms with E-state index < -0.39 is 5.97 Å². The van der Waals surface area contributed by atoms with Crippen LogP contribution in [0.25, 0.3) is 22.0 Å². The third-order valence-electron chi connectivity index (χ3n) is 7.23. The van der Waals surface area contributed by atoms with Crippen LogP contribution in [-0.4, -0.2) is 59.5 Å². The lowest BCUT2D eigenvalue weighted by Crippen LogP contribution is -2.37. The molecule has 1 fully saturated rings. The van der Waals surface area contributed by atoms with E-state index in [0.29, 0.717) is 54.9 Å². The van der Waals surface area contributed by atoms with Crippen LogP contribution in [0, 0.1) is 0 Å². The number of nitrogens with zero attached hydrogens (tertiary/aromatic N) is 3. The van der Waals surface area contributed by atoms with Gasteiger partial charge < -0.3 is 28.9 Å². The van der Waals surface area contributed by atoms with Crippen LogP contribution in [-0.2, 0) is 18.3 Å². The summed E-state index contributed by atoms with van der Waals surface area (Å²) in [5, 5.41) is 11.0. The number of halogens is 1. The molecule has 3 aromatic carbocycles. The number of morpholine rings is 1. The van der Waals surface area contributed by atoms with Crippen molar-refractivity contribution in [3.05, 3.63) is 82.5 Å². The van der Waals surface area contributed by atoms with Gasteiger partial charge in [0.15, 0.2) is 6.73 Å². The number of amides is 1. The van der Waals surface area contributed by atoms with Crippen molar-refractivity contribution in [1.82, 2.24) is 9.47 Å². The Morgan fingerprint density at radius 2 is 1.79 bits per heavy atom. The summed E-state index contributed by atoms with van der Waals surface area (Å²) in [5.41, 5.74) is 4.89. The summed E-state index contributed by atoms with van der Waals surface area (Å²) in [6, 6.07) is 16.7. The maximum atomic E-state index is 13.4. The minimum absolute atomic E-state index is 0.0789. The van der Waals surface area contributed by atoms with Crippen molar-refractivity contribution in [2.75, 3.05) is 37.9 Å². The minimum Gasteiger partial charge on any atom is -0.478 e. The van der Waals surface area contributed by atoms with Gasteiger partial charge in [0.2, 0.25) is 0 Å². The first kappa shape index (κ1) is 24.3. The first-order valence-corrected chi connectivity index (χ1v) is 12.8. The molecule has 2 aliphatic rings. The molecule has 0 spiro atoms. The first-order chi connectivity index (χ1) is 18.4. The van der Waals surface area contributed by atoms with Gasteiger partial charge in [-0.15, -0.1) is 0 Å². The van der Waals surface area contributed by atoms with E-state index in [1.807, 2.05) is 59.1 Å². The highest BCUT2D eigenvalue weighted by Crippen LogP contribution is 2.39. The number of hydrogen-bond acceptors (Lipinski definition) is 5. The van der Waals surface area contributed by atoms with E-state index in [0.717, 1.165) is 27.6 Å². The molecule has 0 atom stereocenters. The molecule has 194 valence electrons. The molecule has 0 saturated carbocycles. The summed E-state index contributed by atoms with van der Waals surface area (Å²) in [7, 11) is 1.94. The second-order valence-corrected chi connectivity index (χ2v) is 9.87. The highest BCUT2D eigenvalue weighted by Gasteiger charge is 2.28. The molecule has 9 heteroatoms. The van der Waals surface area contributed by atoms with Crippen LogP contribution in [0.1, 0.15) is 26.3 Å². The predicted octanol–water partition coefficient (Wildman–Crippen LogP) is 5.03. The Bertz CT molecular complexity index is 1570. The van der Waals surface area contributed by atoms with Gasteiger partial charge in [0.05, 0.1) is 41.6 Å². The standard InChI is InChI=1S/C29H26ClN3O5/c1-31-10-9-21-24(31)8-7-23(26(21)30)28(34)33-16-19-3-2-4-20(27(19)38-17-33)18-5-6-22(29(35)36)25(15-18)32-11-13-37-14-12-32/h2-10,15H,11-14,16-17H2,1H3,(H,35,36). The Morgan fingerprint density at radius 1 is 1.00 bits per heavy atom. The molecule has 1 aromatic heterocycles. The number of carboxylic acids is 1. The van der Waals surface area contributed by atoms with Crippen molar-refractivity contribution in [2.45, 2.75) is 6.54 Å². The van der Waals surface area contributed by atoms with Gasteiger partial charge in [-0.1, -0.05) is 35.9 Å². The summed E-state index contributed by atoms with van der Waals surface area (Å²) in [5.74, 6) is -0.472. The maximum absolute atomic E-state index is 13.4. The highest BCUT2D eigenvalue weighted by atomic mass is 35.5. The number of carbonyl (C=O) groups excluding carboxylic acids is 1. The summed E-state index contributed by atoms with van der Waals surface area (Å²) >= 11 is 6.63. The van der Waals surface area contributed by atoms with E-state index in [4.69, 9.17) is 21.1 Å². The predicted molar refractivity (Wildman–Crippen MR) is 145 cm³/mol. The monoisotopic (exact) mass is 531 g/mol. The SMILES string of the molecule is Cn1ccc2c(Cl)c(C(=O)N3COc4c(cccc4-c4ccc(C(=O)O)c(N5CCOCC5)c4)C3)ccc21. The van der Waals surface area contributed by atoms with Crippen LogP contribution < -0.4 is 9.64 Å². The Balaban J connectivity index is 1.31. The molecule has 0 aliphatic carbocycles. The van der Waals surface area contributed by atoms with E-state index in [9.17, 15) is 14.7 Å². The van der Waals surface area contributed by atoms with Gasteiger partial charge in [-0.2, -0.15) is 0 Å². The van der Waals surface area contributed by atoms with Crippen LogP contribution in [0.3, 0.4) is 0 Å². The van der Waals surface area contributed by atoms with Gasteiger partial charge in [-0.25, -0.2) is 4.79 Å². The Kier molecular flexibility index (Phi) is 6.21. The fourth-order valence-electron chi connectivity index (χ4n) is 5.23. The molecule has 6 rings (SSSR count). The van der Waals surface area contributed by atoms with Gasteiger partial charge in [-0.3, -0.25) is 4.79 Å². The van der Waals surface area contributed by atoms with Gasteiger partial charge in [0.1, 0.15) is 5.75 Å². The number of ether oxygens (including phenoxy) is 2. The van der Waals surface area contributed by atoms with Crippen LogP contribution >= 0.6 is 11.6 Å². The topological polar surface area (TPSA) is 84.2 Å². The molecule has 0 bridgehead atoms. The number of para-hydroxylation sites is 1. The summed E-state index contributed by atoms with van der Waals surface area (Å²) < 4.78 is 13.6. The smallest absolute Gasteiger partial charge is 0.337 e. The van der Waals surface area contributed by atoms with Crippen molar-refractivity contribution in [3.8, 4) is 16.9 Å². The molecule has 2 aliphatic heterocycles. The van der Waals surface area contributed by atoms with Crippen LogP contribution in [0.15, 0.2) is 60.8 Å². The molecular formula is C29H26ClN3O5. The number of hydrogen-bond donors (Lipinski definition) is 1.